The highest BCUT2D eigenvalue weighted by Gasteiger charge is 2.30. The molecule has 262 valence electrons. The predicted octanol–water partition coefficient (Wildman–Crippen LogP) is 7.70. The first-order chi connectivity index (χ1) is 23.8. The molecule has 50 heavy (non-hydrogen) atoms. The van der Waals surface area contributed by atoms with Crippen molar-refractivity contribution in [3.8, 4) is 34.0 Å². The summed E-state index contributed by atoms with van der Waals surface area (Å²) in [6, 6.07) is 12.8. The summed E-state index contributed by atoms with van der Waals surface area (Å²) in [5.74, 6) is 1.47. The van der Waals surface area contributed by atoms with Gasteiger partial charge in [0.15, 0.2) is 5.78 Å². The quantitative estimate of drug-likeness (QED) is 0.161. The Morgan fingerprint density at radius 2 is 1.66 bits per heavy atom. The minimum Gasteiger partial charge on any atom is -0.496 e. The van der Waals surface area contributed by atoms with Gasteiger partial charge in [-0.25, -0.2) is 14.8 Å². The van der Waals surface area contributed by atoms with Crippen molar-refractivity contribution in [3.05, 3.63) is 86.9 Å². The number of rotatable bonds is 9. The van der Waals surface area contributed by atoms with Crippen LogP contribution >= 0.6 is 23.2 Å². The average molecular weight is 719 g/mol. The zero-order valence-electron chi connectivity index (χ0n) is 29.2. The van der Waals surface area contributed by atoms with Gasteiger partial charge in [-0.05, 0) is 38.7 Å². The van der Waals surface area contributed by atoms with E-state index in [1.165, 1.54) is 0 Å². The Labute approximate surface area is 302 Å². The lowest BCUT2D eigenvalue weighted by Gasteiger charge is -2.36. The molecule has 0 spiro atoms. The zero-order valence-corrected chi connectivity index (χ0v) is 30.7. The van der Waals surface area contributed by atoms with Crippen molar-refractivity contribution in [2.75, 3.05) is 33.9 Å². The van der Waals surface area contributed by atoms with Crippen molar-refractivity contribution in [1.82, 2.24) is 24.8 Å². The maximum atomic E-state index is 13.7. The lowest BCUT2D eigenvalue weighted by molar-refractivity contribution is 0.0220. The van der Waals surface area contributed by atoms with Crippen LogP contribution in [0.1, 0.15) is 60.7 Å². The smallest absolute Gasteiger partial charge is 0.410 e. The fourth-order valence-corrected chi connectivity index (χ4v) is 7.02. The number of ketones is 1. The molecule has 1 fully saturated rings. The van der Waals surface area contributed by atoms with Crippen molar-refractivity contribution >= 4 is 35.1 Å². The van der Waals surface area contributed by atoms with E-state index in [-0.39, 0.29) is 24.4 Å². The van der Waals surface area contributed by atoms with E-state index in [9.17, 15) is 9.59 Å². The van der Waals surface area contributed by atoms with Gasteiger partial charge in [-0.1, -0.05) is 66.5 Å². The SMILES string of the molecule is COc1cc(C(=O)Cc2cccc(-c3cccc(-c4cnc(CN5CC(C)C5)c(OC)n4)c3Cl)c2Cl)nc2c1CCN(C(=O)OC(C)(C)C)C2. The van der Waals surface area contributed by atoms with E-state index in [1.807, 2.05) is 57.2 Å². The van der Waals surface area contributed by atoms with Gasteiger partial charge in [0, 0.05) is 60.9 Å². The summed E-state index contributed by atoms with van der Waals surface area (Å²) in [6.07, 6.45) is 1.82. The molecule has 0 bridgehead atoms. The third-order valence-corrected chi connectivity index (χ3v) is 9.66. The fraction of sp³-hybridized carbons (Fsp3) is 0.395. The molecule has 0 saturated carbocycles. The zero-order chi connectivity index (χ0) is 35.7. The molecule has 2 aliphatic heterocycles. The maximum Gasteiger partial charge on any atom is 0.410 e. The molecule has 12 heteroatoms. The molecule has 1 saturated heterocycles. The van der Waals surface area contributed by atoms with Gasteiger partial charge in [-0.3, -0.25) is 14.7 Å². The van der Waals surface area contributed by atoms with Crippen molar-refractivity contribution < 1.29 is 23.8 Å². The Morgan fingerprint density at radius 3 is 2.34 bits per heavy atom. The molecular weight excluding hydrogens is 677 g/mol. The largest absolute Gasteiger partial charge is 0.496 e. The summed E-state index contributed by atoms with van der Waals surface area (Å²) in [4.78, 5) is 44.6. The summed E-state index contributed by atoms with van der Waals surface area (Å²) in [7, 11) is 3.15. The number of carbonyl (C=O) groups excluding carboxylic acids is 2. The lowest BCUT2D eigenvalue weighted by Crippen LogP contribution is -2.44. The number of fused-ring (bicyclic) bond motifs is 1. The Bertz CT molecular complexity index is 1940. The molecule has 0 N–H and O–H groups in total. The Kier molecular flexibility index (Phi) is 10.3. The van der Waals surface area contributed by atoms with E-state index >= 15 is 0 Å². The molecule has 10 nitrogen and oxygen atoms in total. The molecule has 0 atom stereocenters. The lowest BCUT2D eigenvalue weighted by atomic mass is 9.97. The topological polar surface area (TPSA) is 107 Å². The minimum atomic E-state index is -0.626. The third kappa shape index (κ3) is 7.57. The second-order valence-corrected chi connectivity index (χ2v) is 14.6. The molecule has 2 aliphatic rings. The monoisotopic (exact) mass is 717 g/mol. The van der Waals surface area contributed by atoms with Crippen LogP contribution in [0.3, 0.4) is 0 Å². The third-order valence-electron chi connectivity index (χ3n) is 8.81. The van der Waals surface area contributed by atoms with Crippen molar-refractivity contribution in [3.63, 3.8) is 0 Å². The number of halogens is 2. The standard InChI is InChI=1S/C38H41Cl2N5O5/c1-22-18-44(19-22)20-31-36(49-6)43-29(17-41-31)27-12-8-11-25(35(27)40)24-10-7-9-23(34(24)39)15-32(46)28-16-33(48-5)26-13-14-45(21-30(26)42-28)37(47)50-38(2,3)4/h7-12,16-17,22H,13-15,18-21H2,1-6H3. The second-order valence-electron chi connectivity index (χ2n) is 13.8. The number of likely N-dealkylation sites (tertiary alicyclic amines) is 1. The first-order valence-electron chi connectivity index (χ1n) is 16.6. The van der Waals surface area contributed by atoms with Gasteiger partial charge in [-0.2, -0.15) is 0 Å². The van der Waals surface area contributed by atoms with Gasteiger partial charge < -0.3 is 19.1 Å². The van der Waals surface area contributed by atoms with Gasteiger partial charge in [0.25, 0.3) is 0 Å². The average Bonchev–Trinajstić information content (AvgIpc) is 3.07. The number of hydrogen-bond donors (Lipinski definition) is 0. The molecule has 2 aromatic carbocycles. The first kappa shape index (κ1) is 35.6. The molecule has 4 aromatic rings. The highest BCUT2D eigenvalue weighted by molar-refractivity contribution is 6.38. The number of hydrogen-bond acceptors (Lipinski definition) is 9. The number of aromatic nitrogens is 3. The van der Waals surface area contributed by atoms with Crippen molar-refractivity contribution in [2.45, 2.75) is 59.2 Å². The number of Topliss-reactive ketones (excluding diaryl/α,β-unsaturated/α-hetero) is 1. The number of pyridine rings is 1. The number of ether oxygens (including phenoxy) is 3. The molecular formula is C38H41Cl2N5O5. The van der Waals surface area contributed by atoms with Crippen LogP contribution < -0.4 is 9.47 Å². The second kappa shape index (κ2) is 14.5. The van der Waals surface area contributed by atoms with E-state index in [0.717, 1.165) is 24.3 Å². The van der Waals surface area contributed by atoms with Gasteiger partial charge in [0.1, 0.15) is 22.7 Å². The van der Waals surface area contributed by atoms with Gasteiger partial charge in [0.2, 0.25) is 5.88 Å². The predicted molar refractivity (Wildman–Crippen MR) is 193 cm³/mol. The number of nitrogens with zero attached hydrogens (tertiary/aromatic N) is 5. The number of amides is 1. The minimum absolute atomic E-state index is 0.00532. The molecule has 2 aromatic heterocycles. The van der Waals surface area contributed by atoms with Crippen LogP contribution in [0.15, 0.2) is 48.7 Å². The molecule has 0 aliphatic carbocycles. The van der Waals surface area contributed by atoms with E-state index in [4.69, 9.17) is 47.4 Å². The first-order valence-corrected chi connectivity index (χ1v) is 17.4. The Morgan fingerprint density at radius 1 is 0.960 bits per heavy atom. The van der Waals surface area contributed by atoms with Crippen molar-refractivity contribution in [1.29, 1.82) is 0 Å². The number of benzene rings is 2. The molecule has 0 radical (unpaired) electrons. The van der Waals surface area contributed by atoms with E-state index in [1.54, 1.807) is 31.4 Å². The van der Waals surface area contributed by atoms with Gasteiger partial charge in [0.05, 0.1) is 48.4 Å². The Hall–Kier alpha value is -4.25. The molecule has 0 unspecified atom stereocenters. The van der Waals surface area contributed by atoms with Crippen molar-refractivity contribution in [2.24, 2.45) is 5.92 Å². The summed E-state index contributed by atoms with van der Waals surface area (Å²) < 4.78 is 16.8. The van der Waals surface area contributed by atoms with E-state index in [2.05, 4.69) is 16.8 Å². The molecule has 4 heterocycles. The fourth-order valence-electron chi connectivity index (χ4n) is 6.40. The van der Waals surface area contributed by atoms with E-state index < -0.39 is 11.7 Å². The summed E-state index contributed by atoms with van der Waals surface area (Å²) in [5, 5.41) is 0.859. The summed E-state index contributed by atoms with van der Waals surface area (Å²) >= 11 is 14.0. The highest BCUT2D eigenvalue weighted by atomic mass is 35.5. The summed E-state index contributed by atoms with van der Waals surface area (Å²) in [5.41, 5.74) is 5.12. The number of carbonyl (C=O) groups is 2. The molecule has 1 amide bonds. The maximum absolute atomic E-state index is 13.7. The van der Waals surface area contributed by atoms with Crippen LogP contribution in [0.4, 0.5) is 4.79 Å². The van der Waals surface area contributed by atoms with Gasteiger partial charge in [-0.15, -0.1) is 0 Å². The van der Waals surface area contributed by atoms with Crippen LogP contribution in [-0.4, -0.2) is 76.1 Å². The van der Waals surface area contributed by atoms with Crippen LogP contribution in [-0.2, 0) is 30.7 Å². The van der Waals surface area contributed by atoms with Crippen LogP contribution in [0.2, 0.25) is 10.0 Å². The normalized spacial score (nSPS) is 14.9. The summed E-state index contributed by atoms with van der Waals surface area (Å²) in [6.45, 7) is 11.1. The van der Waals surface area contributed by atoms with E-state index in [0.29, 0.717) is 80.7 Å². The number of methoxy groups -OCH3 is 2. The Balaban J connectivity index is 1.24. The highest BCUT2D eigenvalue weighted by Crippen LogP contribution is 2.40. The molecule has 6 rings (SSSR count). The van der Waals surface area contributed by atoms with Crippen LogP contribution in [0.5, 0.6) is 11.6 Å². The van der Waals surface area contributed by atoms with Crippen LogP contribution in [0, 0.1) is 5.92 Å². The van der Waals surface area contributed by atoms with Crippen LogP contribution in [0.25, 0.3) is 22.4 Å². The van der Waals surface area contributed by atoms with Gasteiger partial charge >= 0.3 is 6.09 Å².